The summed E-state index contributed by atoms with van der Waals surface area (Å²) in [7, 11) is 0. The summed E-state index contributed by atoms with van der Waals surface area (Å²) in [5.41, 5.74) is 1.76. The number of hydrogen-bond acceptors (Lipinski definition) is 5. The molecule has 2 N–H and O–H groups in total. The van der Waals surface area contributed by atoms with Crippen molar-refractivity contribution in [1.29, 1.82) is 0 Å². The normalized spacial score (nSPS) is 13.9. The zero-order chi connectivity index (χ0) is 24.1. The van der Waals surface area contributed by atoms with E-state index in [1.165, 1.54) is 24.3 Å². The van der Waals surface area contributed by atoms with Crippen LogP contribution >= 0.6 is 0 Å². The molecule has 0 bridgehead atoms. The van der Waals surface area contributed by atoms with Crippen molar-refractivity contribution in [2.24, 2.45) is 5.92 Å². The summed E-state index contributed by atoms with van der Waals surface area (Å²) in [6, 6.07) is 18.7. The average Bonchev–Trinajstić information content (AvgIpc) is 2.84. The Labute approximate surface area is 195 Å². The van der Waals surface area contributed by atoms with Gasteiger partial charge < -0.3 is 15.5 Å². The summed E-state index contributed by atoms with van der Waals surface area (Å²) >= 11 is 0. The summed E-state index contributed by atoms with van der Waals surface area (Å²) in [4.78, 5) is 38.2. The zero-order valence-corrected chi connectivity index (χ0v) is 18.2. The van der Waals surface area contributed by atoms with E-state index in [9.17, 15) is 24.1 Å². The van der Waals surface area contributed by atoms with Crippen LogP contribution in [0.1, 0.15) is 23.2 Å². The number of carbonyl (C=O) groups is 2. The number of nitrogens with zero attached hydrogens (tertiary/aromatic N) is 2. The van der Waals surface area contributed by atoms with Crippen LogP contribution in [0.2, 0.25) is 0 Å². The lowest BCUT2D eigenvalue weighted by molar-refractivity contribution is -0.384. The highest BCUT2D eigenvalue weighted by molar-refractivity contribution is 6.05. The lowest BCUT2D eigenvalue weighted by atomic mass is 9.95. The van der Waals surface area contributed by atoms with Gasteiger partial charge in [-0.2, -0.15) is 0 Å². The Morgan fingerprint density at radius 1 is 0.912 bits per heavy atom. The van der Waals surface area contributed by atoms with Gasteiger partial charge in [0.15, 0.2) is 0 Å². The number of carbonyl (C=O) groups excluding carboxylic acids is 2. The van der Waals surface area contributed by atoms with Crippen molar-refractivity contribution >= 4 is 34.6 Å². The molecule has 1 aliphatic rings. The van der Waals surface area contributed by atoms with Gasteiger partial charge in [0.05, 0.1) is 4.92 Å². The fraction of sp³-hybridized carbons (Fsp3) is 0.200. The maximum atomic E-state index is 13.3. The second-order valence-corrected chi connectivity index (χ2v) is 8.04. The summed E-state index contributed by atoms with van der Waals surface area (Å²) in [5.74, 6) is -1.28. The molecule has 0 atom stereocenters. The van der Waals surface area contributed by atoms with Gasteiger partial charge in [0.2, 0.25) is 5.91 Å². The van der Waals surface area contributed by atoms with E-state index in [4.69, 9.17) is 0 Å². The number of benzene rings is 3. The first-order valence-electron chi connectivity index (χ1n) is 10.9. The summed E-state index contributed by atoms with van der Waals surface area (Å²) in [5, 5.41) is 16.8. The Bertz CT molecular complexity index is 1220. The number of anilines is 3. The highest BCUT2D eigenvalue weighted by Crippen LogP contribution is 2.31. The molecule has 0 aliphatic carbocycles. The predicted molar refractivity (Wildman–Crippen MR) is 127 cm³/mol. The molecule has 1 aliphatic heterocycles. The monoisotopic (exact) mass is 462 g/mol. The number of nitro groups is 1. The van der Waals surface area contributed by atoms with Crippen LogP contribution in [0.5, 0.6) is 0 Å². The lowest BCUT2D eigenvalue weighted by Gasteiger charge is -2.32. The van der Waals surface area contributed by atoms with Crippen molar-refractivity contribution in [2.75, 3.05) is 28.6 Å². The molecule has 1 saturated heterocycles. The van der Waals surface area contributed by atoms with E-state index in [0.717, 1.165) is 0 Å². The van der Waals surface area contributed by atoms with Crippen LogP contribution in [-0.4, -0.2) is 29.8 Å². The Kier molecular flexibility index (Phi) is 6.82. The molecule has 0 unspecified atom stereocenters. The molecule has 8 nitrogen and oxygen atoms in total. The molecule has 1 fully saturated rings. The van der Waals surface area contributed by atoms with Gasteiger partial charge in [-0.25, -0.2) is 4.39 Å². The van der Waals surface area contributed by atoms with Crippen LogP contribution in [0.3, 0.4) is 0 Å². The van der Waals surface area contributed by atoms with Gasteiger partial charge in [-0.3, -0.25) is 19.7 Å². The molecule has 174 valence electrons. The molecular weight excluding hydrogens is 439 g/mol. The SMILES string of the molecule is O=C(Nc1cccc(F)c1)c1cccc(NC(=O)C2CCN(c3ccccc3[N+](=O)[O-])CC2)c1. The van der Waals surface area contributed by atoms with E-state index in [2.05, 4.69) is 10.6 Å². The van der Waals surface area contributed by atoms with Crippen molar-refractivity contribution in [3.05, 3.63) is 94.3 Å². The van der Waals surface area contributed by atoms with Gasteiger partial charge in [-0.1, -0.05) is 24.3 Å². The van der Waals surface area contributed by atoms with Gasteiger partial charge >= 0.3 is 0 Å². The topological polar surface area (TPSA) is 105 Å². The van der Waals surface area contributed by atoms with E-state index in [1.807, 2.05) is 4.90 Å². The number of nitro benzene ring substituents is 1. The van der Waals surface area contributed by atoms with Gasteiger partial charge in [0, 0.05) is 42.0 Å². The first kappa shape index (κ1) is 22.9. The van der Waals surface area contributed by atoms with Crippen molar-refractivity contribution in [3.8, 4) is 0 Å². The number of nitrogens with one attached hydrogen (secondary N) is 2. The quantitative estimate of drug-likeness (QED) is 0.403. The van der Waals surface area contributed by atoms with E-state index in [0.29, 0.717) is 48.6 Å². The Balaban J connectivity index is 1.36. The number of para-hydroxylation sites is 2. The van der Waals surface area contributed by atoms with E-state index in [-0.39, 0.29) is 17.5 Å². The Morgan fingerprint density at radius 2 is 1.59 bits per heavy atom. The van der Waals surface area contributed by atoms with Crippen molar-refractivity contribution in [3.63, 3.8) is 0 Å². The van der Waals surface area contributed by atoms with Crippen LogP contribution in [0.15, 0.2) is 72.8 Å². The zero-order valence-electron chi connectivity index (χ0n) is 18.2. The smallest absolute Gasteiger partial charge is 0.292 e. The number of halogens is 1. The molecule has 0 radical (unpaired) electrons. The minimum Gasteiger partial charge on any atom is -0.366 e. The molecule has 1 heterocycles. The van der Waals surface area contributed by atoms with Gasteiger partial charge in [-0.05, 0) is 55.3 Å². The van der Waals surface area contributed by atoms with Crippen molar-refractivity contribution in [2.45, 2.75) is 12.8 Å². The molecule has 0 aromatic heterocycles. The van der Waals surface area contributed by atoms with Gasteiger partial charge in [-0.15, -0.1) is 0 Å². The summed E-state index contributed by atoms with van der Waals surface area (Å²) in [6.45, 7) is 1.05. The number of amides is 2. The van der Waals surface area contributed by atoms with Crippen LogP contribution in [0.25, 0.3) is 0 Å². The van der Waals surface area contributed by atoms with Crippen LogP contribution in [0, 0.1) is 21.8 Å². The highest BCUT2D eigenvalue weighted by Gasteiger charge is 2.28. The van der Waals surface area contributed by atoms with E-state index >= 15 is 0 Å². The standard InChI is InChI=1S/C25H23FN4O4/c26-19-6-4-8-21(16-19)28-25(32)18-5-3-7-20(15-18)27-24(31)17-11-13-29(14-12-17)22-9-1-2-10-23(22)30(33)34/h1-10,15-17H,11-14H2,(H,27,31)(H,28,32). The summed E-state index contributed by atoms with van der Waals surface area (Å²) < 4.78 is 13.3. The average molecular weight is 462 g/mol. The highest BCUT2D eigenvalue weighted by atomic mass is 19.1. The maximum absolute atomic E-state index is 13.3. The third-order valence-corrected chi connectivity index (χ3v) is 5.76. The molecule has 3 aromatic carbocycles. The first-order chi connectivity index (χ1) is 16.4. The summed E-state index contributed by atoms with van der Waals surface area (Å²) in [6.07, 6.45) is 1.11. The molecule has 34 heavy (non-hydrogen) atoms. The van der Waals surface area contributed by atoms with Crippen LogP contribution < -0.4 is 15.5 Å². The van der Waals surface area contributed by atoms with E-state index < -0.39 is 16.6 Å². The molecular formula is C25H23FN4O4. The second kappa shape index (κ2) is 10.1. The minimum absolute atomic E-state index is 0.0544. The third kappa shape index (κ3) is 5.37. The van der Waals surface area contributed by atoms with Gasteiger partial charge in [0.1, 0.15) is 11.5 Å². The molecule has 3 aromatic rings. The van der Waals surface area contributed by atoms with Gasteiger partial charge in [0.25, 0.3) is 11.6 Å². The number of rotatable bonds is 6. The maximum Gasteiger partial charge on any atom is 0.292 e. The Hall–Kier alpha value is -4.27. The molecule has 4 rings (SSSR count). The Morgan fingerprint density at radius 3 is 2.29 bits per heavy atom. The van der Waals surface area contributed by atoms with Crippen molar-refractivity contribution < 1.29 is 18.9 Å². The largest absolute Gasteiger partial charge is 0.366 e. The number of piperidine rings is 1. The minimum atomic E-state index is -0.452. The third-order valence-electron chi connectivity index (χ3n) is 5.76. The number of hydrogen-bond donors (Lipinski definition) is 2. The van der Waals surface area contributed by atoms with Crippen LogP contribution in [-0.2, 0) is 4.79 Å². The fourth-order valence-electron chi connectivity index (χ4n) is 4.02. The predicted octanol–water partition coefficient (Wildman–Crippen LogP) is 4.84. The molecule has 0 spiro atoms. The molecule has 0 saturated carbocycles. The molecule has 2 amide bonds. The van der Waals surface area contributed by atoms with Crippen LogP contribution in [0.4, 0.5) is 27.1 Å². The fourth-order valence-corrected chi connectivity index (χ4v) is 4.02. The van der Waals surface area contributed by atoms with Crippen molar-refractivity contribution in [1.82, 2.24) is 0 Å². The lowest BCUT2D eigenvalue weighted by Crippen LogP contribution is -2.38. The first-order valence-corrected chi connectivity index (χ1v) is 10.9. The van der Waals surface area contributed by atoms with E-state index in [1.54, 1.807) is 48.5 Å². The molecule has 9 heteroatoms. The second-order valence-electron chi connectivity index (χ2n) is 8.04.